The summed E-state index contributed by atoms with van der Waals surface area (Å²) in [6, 6.07) is 7.34. The van der Waals surface area contributed by atoms with Gasteiger partial charge < -0.3 is 4.80 Å². The maximum Gasteiger partial charge on any atom is 0.182 e. The lowest BCUT2D eigenvalue weighted by Crippen LogP contribution is -2.26. The first-order valence-electron chi connectivity index (χ1n) is 7.62. The molecule has 20 heavy (non-hydrogen) atoms. The highest BCUT2D eigenvalue weighted by Crippen LogP contribution is 2.30. The Morgan fingerprint density at radius 2 is 1.60 bits per heavy atom. The maximum absolute atomic E-state index is 9.96. The van der Waals surface area contributed by atoms with E-state index in [0.717, 1.165) is 24.6 Å². The summed E-state index contributed by atoms with van der Waals surface area (Å²) in [5.74, 6) is 0. The molecule has 0 radical (unpaired) electrons. The van der Waals surface area contributed by atoms with Crippen molar-refractivity contribution in [2.24, 2.45) is 0 Å². The molecule has 0 atom stereocenters. The van der Waals surface area contributed by atoms with Gasteiger partial charge in [0.05, 0.1) is 0 Å². The third-order valence-corrected chi connectivity index (χ3v) is 5.38. The van der Waals surface area contributed by atoms with Crippen LogP contribution < -0.4 is 0 Å². The summed E-state index contributed by atoms with van der Waals surface area (Å²) < 4.78 is 0. The fourth-order valence-electron chi connectivity index (χ4n) is 2.32. The molecular weight excluding hydrogens is 262 g/mol. The lowest BCUT2D eigenvalue weighted by atomic mass is 9.83. The fraction of sp³-hybridized carbons (Fsp3) is 0.706. The van der Waals surface area contributed by atoms with Crippen LogP contribution in [0.2, 0.25) is 19.1 Å². The van der Waals surface area contributed by atoms with Gasteiger partial charge in [0, 0.05) is 22.2 Å². The van der Waals surface area contributed by atoms with Gasteiger partial charge in [-0.2, -0.15) is 0 Å². The average molecular weight is 294 g/mol. The molecule has 0 fully saturated rings. The van der Waals surface area contributed by atoms with Gasteiger partial charge in [0.15, 0.2) is 8.32 Å². The molecule has 0 bridgehead atoms. The molecule has 0 aliphatic rings. The normalized spacial score (nSPS) is 13.6. The minimum absolute atomic E-state index is 0.0703. The summed E-state index contributed by atoms with van der Waals surface area (Å²) in [6.45, 7) is 15.1. The van der Waals surface area contributed by atoms with Gasteiger partial charge in [-0.1, -0.05) is 47.1 Å². The Labute approximate surface area is 125 Å². The Hall–Kier alpha value is -0.673. The summed E-state index contributed by atoms with van der Waals surface area (Å²) in [7, 11) is -1.92. The van der Waals surface area contributed by atoms with Crippen LogP contribution in [0.3, 0.4) is 0 Å². The summed E-state index contributed by atoms with van der Waals surface area (Å²) >= 11 is 0. The average Bonchev–Trinajstić information content (AvgIpc) is 2.26. The molecule has 0 amide bonds. The van der Waals surface area contributed by atoms with E-state index in [-0.39, 0.29) is 10.8 Å². The van der Waals surface area contributed by atoms with Crippen LogP contribution >= 0.6 is 0 Å². The van der Waals surface area contributed by atoms with Crippen molar-refractivity contribution in [1.82, 2.24) is 4.98 Å². The number of rotatable bonds is 5. The SMILES string of the molecule is CC(C)(C)c1cccc(C(C)(C)CCC[Si](C)(C)O)n1. The summed E-state index contributed by atoms with van der Waals surface area (Å²) in [6.07, 6.45) is 2.15. The molecule has 0 saturated carbocycles. The van der Waals surface area contributed by atoms with E-state index >= 15 is 0 Å². The Bertz CT molecular complexity index is 441. The van der Waals surface area contributed by atoms with E-state index in [0.29, 0.717) is 0 Å². The molecule has 1 aromatic heterocycles. The molecule has 0 spiro atoms. The first-order chi connectivity index (χ1) is 8.92. The standard InChI is InChI=1S/C17H31NOSi/c1-16(2,3)14-10-8-11-15(18-14)17(4,5)12-9-13-20(6,7)19/h8,10-11,19H,9,12-13H2,1-7H3. The highest BCUT2D eigenvalue weighted by molar-refractivity contribution is 6.69. The van der Waals surface area contributed by atoms with E-state index in [4.69, 9.17) is 4.98 Å². The molecule has 0 aromatic carbocycles. The van der Waals surface area contributed by atoms with Crippen LogP contribution in [0.15, 0.2) is 18.2 Å². The molecule has 1 rings (SSSR count). The van der Waals surface area contributed by atoms with Gasteiger partial charge >= 0.3 is 0 Å². The van der Waals surface area contributed by atoms with Crippen LogP contribution in [0.4, 0.5) is 0 Å². The second-order valence-corrected chi connectivity index (χ2v) is 12.3. The van der Waals surface area contributed by atoms with Crippen molar-refractivity contribution >= 4 is 8.32 Å². The van der Waals surface area contributed by atoms with Crippen LogP contribution in [0.5, 0.6) is 0 Å². The quantitative estimate of drug-likeness (QED) is 0.803. The van der Waals surface area contributed by atoms with E-state index in [1.54, 1.807) is 0 Å². The van der Waals surface area contributed by atoms with Crippen molar-refractivity contribution in [2.75, 3.05) is 0 Å². The Morgan fingerprint density at radius 3 is 2.10 bits per heavy atom. The monoisotopic (exact) mass is 293 g/mol. The number of hydrogen-bond donors (Lipinski definition) is 1. The lowest BCUT2D eigenvalue weighted by Gasteiger charge is -2.27. The van der Waals surface area contributed by atoms with Crippen LogP contribution in [-0.2, 0) is 10.8 Å². The maximum atomic E-state index is 9.96. The van der Waals surface area contributed by atoms with Crippen molar-refractivity contribution < 1.29 is 4.80 Å². The van der Waals surface area contributed by atoms with Gasteiger partial charge in [0.2, 0.25) is 0 Å². The van der Waals surface area contributed by atoms with Crippen molar-refractivity contribution in [3.8, 4) is 0 Å². The van der Waals surface area contributed by atoms with E-state index in [1.807, 2.05) is 13.1 Å². The van der Waals surface area contributed by atoms with Crippen LogP contribution in [0.1, 0.15) is 58.8 Å². The van der Waals surface area contributed by atoms with E-state index < -0.39 is 8.32 Å². The molecule has 1 N–H and O–H groups in total. The lowest BCUT2D eigenvalue weighted by molar-refractivity contribution is 0.443. The summed E-state index contributed by atoms with van der Waals surface area (Å²) in [5, 5.41) is 0. The number of nitrogens with zero attached hydrogens (tertiary/aromatic N) is 1. The topological polar surface area (TPSA) is 33.1 Å². The van der Waals surface area contributed by atoms with Gasteiger partial charge in [-0.3, -0.25) is 4.98 Å². The number of pyridine rings is 1. The minimum atomic E-state index is -1.92. The first kappa shape index (κ1) is 17.4. The predicted octanol–water partition coefficient (Wildman–Crippen LogP) is 4.63. The van der Waals surface area contributed by atoms with E-state index in [9.17, 15) is 4.80 Å². The Kier molecular flexibility index (Phi) is 5.20. The third kappa shape index (κ3) is 5.37. The van der Waals surface area contributed by atoms with Crippen molar-refractivity contribution in [3.63, 3.8) is 0 Å². The van der Waals surface area contributed by atoms with Crippen molar-refractivity contribution in [3.05, 3.63) is 29.6 Å². The molecule has 1 aromatic rings. The second kappa shape index (κ2) is 5.98. The minimum Gasteiger partial charge on any atom is -0.432 e. The van der Waals surface area contributed by atoms with E-state index in [2.05, 4.69) is 52.8 Å². The molecule has 0 unspecified atom stereocenters. The smallest absolute Gasteiger partial charge is 0.182 e. The van der Waals surface area contributed by atoms with Crippen LogP contribution in [0.25, 0.3) is 0 Å². The molecular formula is C17H31NOSi. The zero-order chi connectivity index (χ0) is 15.6. The molecule has 0 aliphatic carbocycles. The molecule has 0 aliphatic heterocycles. The summed E-state index contributed by atoms with van der Waals surface area (Å²) in [4.78, 5) is 14.8. The zero-order valence-corrected chi connectivity index (χ0v) is 15.2. The van der Waals surface area contributed by atoms with Gasteiger partial charge in [0.25, 0.3) is 0 Å². The van der Waals surface area contributed by atoms with Crippen LogP contribution in [-0.4, -0.2) is 18.1 Å². The van der Waals surface area contributed by atoms with Crippen molar-refractivity contribution in [2.45, 2.75) is 77.4 Å². The number of aromatic nitrogens is 1. The zero-order valence-electron chi connectivity index (χ0n) is 14.2. The van der Waals surface area contributed by atoms with Gasteiger partial charge in [-0.05, 0) is 37.7 Å². The van der Waals surface area contributed by atoms with Crippen molar-refractivity contribution in [1.29, 1.82) is 0 Å². The molecule has 114 valence electrons. The molecule has 1 heterocycles. The largest absolute Gasteiger partial charge is 0.432 e. The van der Waals surface area contributed by atoms with Gasteiger partial charge in [-0.25, -0.2) is 0 Å². The third-order valence-electron chi connectivity index (χ3n) is 3.80. The van der Waals surface area contributed by atoms with Gasteiger partial charge in [-0.15, -0.1) is 0 Å². The molecule has 0 saturated heterocycles. The van der Waals surface area contributed by atoms with Crippen LogP contribution in [0, 0.1) is 0 Å². The Balaban J connectivity index is 2.82. The molecule has 3 heteroatoms. The number of hydrogen-bond acceptors (Lipinski definition) is 2. The highest BCUT2D eigenvalue weighted by Gasteiger charge is 2.26. The van der Waals surface area contributed by atoms with E-state index in [1.165, 1.54) is 5.69 Å². The molecule has 2 nitrogen and oxygen atoms in total. The predicted molar refractivity (Wildman–Crippen MR) is 89.7 cm³/mol. The Morgan fingerprint density at radius 1 is 1.05 bits per heavy atom. The summed E-state index contributed by atoms with van der Waals surface area (Å²) in [5.41, 5.74) is 2.48. The second-order valence-electron chi connectivity index (χ2n) is 8.21. The van der Waals surface area contributed by atoms with Gasteiger partial charge in [0.1, 0.15) is 0 Å². The first-order valence-corrected chi connectivity index (χ1v) is 10.8. The fourth-order valence-corrected chi connectivity index (χ4v) is 3.36. The highest BCUT2D eigenvalue weighted by atomic mass is 28.4.